The van der Waals surface area contributed by atoms with Crippen molar-refractivity contribution in [1.82, 2.24) is 9.80 Å². The van der Waals surface area contributed by atoms with Crippen LogP contribution in [-0.4, -0.2) is 48.4 Å². The number of nitrogens with zero attached hydrogens (tertiary/aromatic N) is 2. The van der Waals surface area contributed by atoms with E-state index in [1.54, 1.807) is 0 Å². The fourth-order valence-electron chi connectivity index (χ4n) is 2.98. The zero-order chi connectivity index (χ0) is 15.2. The van der Waals surface area contributed by atoms with E-state index in [0.29, 0.717) is 12.5 Å². The Morgan fingerprint density at radius 1 is 1.29 bits per heavy atom. The van der Waals surface area contributed by atoms with Crippen molar-refractivity contribution in [1.29, 1.82) is 0 Å². The van der Waals surface area contributed by atoms with E-state index in [9.17, 15) is 4.79 Å². The number of carbonyl (C=O) groups excluding carboxylic acids is 1. The maximum atomic E-state index is 12.5. The van der Waals surface area contributed by atoms with E-state index < -0.39 is 0 Å². The summed E-state index contributed by atoms with van der Waals surface area (Å²) in [6.45, 7) is 9.94. The monoisotopic (exact) mass is 289 g/mol. The van der Waals surface area contributed by atoms with E-state index >= 15 is 0 Å². The molecule has 1 unspecified atom stereocenters. The lowest BCUT2D eigenvalue weighted by atomic mass is 10.1. The van der Waals surface area contributed by atoms with Gasteiger partial charge in [0.1, 0.15) is 0 Å². The van der Waals surface area contributed by atoms with Crippen LogP contribution in [0.15, 0.2) is 24.3 Å². The van der Waals surface area contributed by atoms with Gasteiger partial charge in [0, 0.05) is 31.7 Å². The van der Waals surface area contributed by atoms with Crippen molar-refractivity contribution in [2.75, 3.05) is 32.7 Å². The normalized spacial score (nSPS) is 18.5. The molecule has 4 heteroatoms. The first-order chi connectivity index (χ1) is 10.2. The molecule has 116 valence electrons. The lowest BCUT2D eigenvalue weighted by Gasteiger charge is -2.22. The van der Waals surface area contributed by atoms with Gasteiger partial charge >= 0.3 is 0 Å². The van der Waals surface area contributed by atoms with E-state index in [1.165, 1.54) is 0 Å². The predicted octanol–water partition coefficient (Wildman–Crippen LogP) is 1.95. The Morgan fingerprint density at radius 3 is 2.52 bits per heavy atom. The van der Waals surface area contributed by atoms with Gasteiger partial charge in [0.15, 0.2) is 0 Å². The summed E-state index contributed by atoms with van der Waals surface area (Å²) in [5.41, 5.74) is 7.43. The molecule has 1 heterocycles. The fraction of sp³-hybridized carbons (Fsp3) is 0.588. The number of nitrogens with two attached hydrogens (primary N) is 1. The van der Waals surface area contributed by atoms with Crippen LogP contribution in [0.2, 0.25) is 0 Å². The first-order valence-electron chi connectivity index (χ1n) is 7.98. The summed E-state index contributed by atoms with van der Waals surface area (Å²) in [5.74, 6) is 0.762. The Labute approximate surface area is 127 Å². The number of rotatable bonds is 6. The molecule has 1 atom stereocenters. The van der Waals surface area contributed by atoms with Gasteiger partial charge in [-0.25, -0.2) is 0 Å². The zero-order valence-corrected chi connectivity index (χ0v) is 13.2. The number of carbonyl (C=O) groups is 1. The summed E-state index contributed by atoms with van der Waals surface area (Å²) < 4.78 is 0. The zero-order valence-electron chi connectivity index (χ0n) is 13.2. The molecule has 4 nitrogen and oxygen atoms in total. The highest BCUT2D eigenvalue weighted by Gasteiger charge is 2.27. The molecule has 1 aliphatic rings. The Morgan fingerprint density at radius 2 is 1.95 bits per heavy atom. The summed E-state index contributed by atoms with van der Waals surface area (Å²) in [7, 11) is 0. The Bertz CT molecular complexity index is 454. The van der Waals surface area contributed by atoms with Crippen LogP contribution in [0, 0.1) is 5.92 Å². The van der Waals surface area contributed by atoms with Crippen LogP contribution in [0.25, 0.3) is 0 Å². The van der Waals surface area contributed by atoms with Gasteiger partial charge in [-0.05, 0) is 43.1 Å². The van der Waals surface area contributed by atoms with Crippen LogP contribution in [0.4, 0.5) is 0 Å². The summed E-state index contributed by atoms with van der Waals surface area (Å²) in [6.07, 6.45) is 1.11. The van der Waals surface area contributed by atoms with Gasteiger partial charge in [0.25, 0.3) is 5.91 Å². The summed E-state index contributed by atoms with van der Waals surface area (Å²) in [5, 5.41) is 0. The molecule has 2 rings (SSSR count). The van der Waals surface area contributed by atoms with Crippen molar-refractivity contribution in [2.24, 2.45) is 11.7 Å². The highest BCUT2D eigenvalue weighted by atomic mass is 16.2. The quantitative estimate of drug-likeness (QED) is 0.871. The third-order valence-corrected chi connectivity index (χ3v) is 4.42. The standard InChI is InChI=1S/C17H27N3O/c1-3-19(4-2)12-15-9-10-20(13-15)17(21)16-7-5-14(11-18)6-8-16/h5-8,15H,3-4,9-13,18H2,1-2H3. The highest BCUT2D eigenvalue weighted by Crippen LogP contribution is 2.20. The van der Waals surface area contributed by atoms with Crippen LogP contribution >= 0.6 is 0 Å². The van der Waals surface area contributed by atoms with Crippen molar-refractivity contribution >= 4 is 5.91 Å². The first-order valence-corrected chi connectivity index (χ1v) is 7.98. The number of hydrogen-bond donors (Lipinski definition) is 1. The molecule has 1 aromatic carbocycles. The van der Waals surface area contributed by atoms with Crippen LogP contribution in [0.3, 0.4) is 0 Å². The van der Waals surface area contributed by atoms with Gasteiger partial charge in [-0.15, -0.1) is 0 Å². The van der Waals surface area contributed by atoms with Crippen LogP contribution < -0.4 is 5.73 Å². The third kappa shape index (κ3) is 4.05. The van der Waals surface area contributed by atoms with Crippen LogP contribution in [-0.2, 0) is 6.54 Å². The number of amides is 1. The van der Waals surface area contributed by atoms with Gasteiger partial charge in [-0.1, -0.05) is 26.0 Å². The van der Waals surface area contributed by atoms with Crippen molar-refractivity contribution in [3.63, 3.8) is 0 Å². The molecule has 0 saturated carbocycles. The lowest BCUT2D eigenvalue weighted by Crippen LogP contribution is -2.33. The van der Waals surface area contributed by atoms with E-state index in [4.69, 9.17) is 5.73 Å². The molecule has 1 saturated heterocycles. The van der Waals surface area contributed by atoms with Crippen molar-refractivity contribution in [3.8, 4) is 0 Å². The number of hydrogen-bond acceptors (Lipinski definition) is 3. The average molecular weight is 289 g/mol. The molecule has 2 N–H and O–H groups in total. The SMILES string of the molecule is CCN(CC)CC1CCN(C(=O)c2ccc(CN)cc2)C1. The van der Waals surface area contributed by atoms with E-state index in [2.05, 4.69) is 18.7 Å². The topological polar surface area (TPSA) is 49.6 Å². The Hall–Kier alpha value is -1.39. The molecule has 0 bridgehead atoms. The molecule has 1 fully saturated rings. The Balaban J connectivity index is 1.92. The van der Waals surface area contributed by atoms with Crippen molar-refractivity contribution < 1.29 is 4.79 Å². The lowest BCUT2D eigenvalue weighted by molar-refractivity contribution is 0.0784. The second-order valence-electron chi connectivity index (χ2n) is 5.79. The number of benzene rings is 1. The Kier molecular flexibility index (Phi) is 5.76. The minimum Gasteiger partial charge on any atom is -0.338 e. The summed E-state index contributed by atoms with van der Waals surface area (Å²) >= 11 is 0. The molecular formula is C17H27N3O. The largest absolute Gasteiger partial charge is 0.338 e. The van der Waals surface area contributed by atoms with E-state index in [1.807, 2.05) is 29.2 Å². The van der Waals surface area contributed by atoms with E-state index in [-0.39, 0.29) is 5.91 Å². The third-order valence-electron chi connectivity index (χ3n) is 4.42. The van der Waals surface area contributed by atoms with Crippen molar-refractivity contribution in [2.45, 2.75) is 26.8 Å². The van der Waals surface area contributed by atoms with Crippen LogP contribution in [0.5, 0.6) is 0 Å². The average Bonchev–Trinajstić information content (AvgIpc) is 3.00. The van der Waals surface area contributed by atoms with Crippen LogP contribution in [0.1, 0.15) is 36.2 Å². The van der Waals surface area contributed by atoms with E-state index in [0.717, 1.165) is 50.3 Å². The molecular weight excluding hydrogens is 262 g/mol. The van der Waals surface area contributed by atoms with Gasteiger partial charge in [0.05, 0.1) is 0 Å². The molecule has 0 aromatic heterocycles. The molecule has 21 heavy (non-hydrogen) atoms. The summed E-state index contributed by atoms with van der Waals surface area (Å²) in [6, 6.07) is 7.66. The molecule has 0 radical (unpaired) electrons. The number of likely N-dealkylation sites (tertiary alicyclic amines) is 1. The molecule has 1 amide bonds. The van der Waals surface area contributed by atoms with Gasteiger partial charge < -0.3 is 15.5 Å². The molecule has 1 aliphatic heterocycles. The fourth-order valence-corrected chi connectivity index (χ4v) is 2.98. The molecule has 1 aromatic rings. The minimum absolute atomic E-state index is 0.153. The maximum Gasteiger partial charge on any atom is 0.253 e. The van der Waals surface area contributed by atoms with Crippen molar-refractivity contribution in [3.05, 3.63) is 35.4 Å². The summed E-state index contributed by atoms with van der Waals surface area (Å²) in [4.78, 5) is 16.9. The first kappa shape index (κ1) is 16.0. The van der Waals surface area contributed by atoms with Gasteiger partial charge in [-0.2, -0.15) is 0 Å². The minimum atomic E-state index is 0.153. The van der Waals surface area contributed by atoms with Gasteiger partial charge in [0.2, 0.25) is 0 Å². The predicted molar refractivity (Wildman–Crippen MR) is 86.1 cm³/mol. The second-order valence-corrected chi connectivity index (χ2v) is 5.79. The molecule has 0 spiro atoms. The second kappa shape index (κ2) is 7.57. The molecule has 0 aliphatic carbocycles. The highest BCUT2D eigenvalue weighted by molar-refractivity contribution is 5.94. The maximum absolute atomic E-state index is 12.5. The smallest absolute Gasteiger partial charge is 0.253 e. The van der Waals surface area contributed by atoms with Gasteiger partial charge in [-0.3, -0.25) is 4.79 Å².